The van der Waals surface area contributed by atoms with Crippen molar-refractivity contribution >= 4 is 56.3 Å². The van der Waals surface area contributed by atoms with Gasteiger partial charge in [-0.25, -0.2) is 18.2 Å². The van der Waals surface area contributed by atoms with Crippen LogP contribution in [0, 0.1) is 6.92 Å². The number of unbranched alkanes of at least 4 members (excludes halogenated alkanes) is 2. The summed E-state index contributed by atoms with van der Waals surface area (Å²) in [5.41, 5.74) is 3.54. The fourth-order valence-electron chi connectivity index (χ4n) is 6.05. The zero-order valence-corrected chi connectivity index (χ0v) is 30.3. The molecule has 14 nitrogen and oxygen atoms in total. The van der Waals surface area contributed by atoms with Crippen LogP contribution in [-0.2, 0) is 19.6 Å². The molecule has 0 bridgehead atoms. The first-order valence-electron chi connectivity index (χ1n) is 16.6. The number of ether oxygens (including phenoxy) is 2. The number of amides is 2. The molecule has 0 atom stereocenters. The second-order valence-corrected chi connectivity index (χ2v) is 14.3. The van der Waals surface area contributed by atoms with Crippen molar-refractivity contribution in [1.29, 1.82) is 0 Å². The molecule has 4 aromatic rings. The van der Waals surface area contributed by atoms with Crippen molar-refractivity contribution < 1.29 is 32.3 Å². The number of sulfonamides is 1. The number of imidazole rings is 1. The summed E-state index contributed by atoms with van der Waals surface area (Å²) in [5, 5.41) is 0. The van der Waals surface area contributed by atoms with E-state index >= 15 is 0 Å². The number of hydrogen-bond acceptors (Lipinski definition) is 10. The molecule has 1 aliphatic heterocycles. The van der Waals surface area contributed by atoms with Gasteiger partial charge in [0.15, 0.2) is 5.75 Å². The van der Waals surface area contributed by atoms with Crippen molar-refractivity contribution in [2.45, 2.75) is 32.6 Å². The van der Waals surface area contributed by atoms with Crippen molar-refractivity contribution in [3.63, 3.8) is 0 Å². The van der Waals surface area contributed by atoms with Gasteiger partial charge in [-0.2, -0.15) is 4.99 Å². The highest BCUT2D eigenvalue weighted by Gasteiger charge is 2.26. The molecule has 0 radical (unpaired) electrons. The number of piperazine rings is 1. The Kier molecular flexibility index (Phi) is 11.8. The predicted octanol–water partition coefficient (Wildman–Crippen LogP) is 4.88. The number of hydrogen-bond donors (Lipinski definition) is 2. The number of nitrogens with zero attached hydrogens (tertiary/aromatic N) is 5. The summed E-state index contributed by atoms with van der Waals surface area (Å²) in [5.74, 6) is 0.417. The highest BCUT2D eigenvalue weighted by atomic mass is 32.2. The molecule has 15 heteroatoms. The minimum absolute atomic E-state index is 0.0235. The molecule has 0 unspecified atom stereocenters. The molecular formula is C36H43N7O7S. The number of rotatable bonds is 14. The number of aryl methyl sites for hydroxylation is 1. The Morgan fingerprint density at radius 3 is 2.53 bits per heavy atom. The van der Waals surface area contributed by atoms with E-state index in [4.69, 9.17) is 9.47 Å². The lowest BCUT2D eigenvalue weighted by atomic mass is 9.98. The lowest BCUT2D eigenvalue weighted by Gasteiger charge is -2.32. The molecule has 0 saturated carbocycles. The van der Waals surface area contributed by atoms with Crippen LogP contribution in [0.2, 0.25) is 0 Å². The number of likely N-dealkylation sites (N-methyl/N-ethyl adjacent to an activating group) is 1. The van der Waals surface area contributed by atoms with E-state index in [9.17, 15) is 22.8 Å². The van der Waals surface area contributed by atoms with Gasteiger partial charge >= 0.3 is 0 Å². The molecule has 2 heterocycles. The van der Waals surface area contributed by atoms with Gasteiger partial charge < -0.3 is 29.2 Å². The third-order valence-electron chi connectivity index (χ3n) is 8.74. The molecule has 2 N–H and O–H groups in total. The number of carbonyl (C=O) groups excluding carboxylic acids is 3. The van der Waals surface area contributed by atoms with Gasteiger partial charge in [-0.15, -0.1) is 0 Å². The Hall–Kier alpha value is -5.24. The Morgan fingerprint density at radius 2 is 1.82 bits per heavy atom. The summed E-state index contributed by atoms with van der Waals surface area (Å²) >= 11 is 0. The van der Waals surface area contributed by atoms with E-state index in [1.54, 1.807) is 49.5 Å². The molecule has 270 valence electrons. The fourth-order valence-corrected chi connectivity index (χ4v) is 6.50. The Morgan fingerprint density at radius 1 is 1.06 bits per heavy atom. The van der Waals surface area contributed by atoms with Crippen LogP contribution in [0.5, 0.6) is 11.5 Å². The minimum atomic E-state index is -3.59. The highest BCUT2D eigenvalue weighted by molar-refractivity contribution is 7.92. The third-order valence-corrected chi connectivity index (χ3v) is 9.30. The van der Waals surface area contributed by atoms with Crippen molar-refractivity contribution in [1.82, 2.24) is 19.8 Å². The number of H-pyrrole nitrogens is 1. The summed E-state index contributed by atoms with van der Waals surface area (Å²) in [6, 6.07) is 14.0. The number of methoxy groups -OCH3 is 1. The van der Waals surface area contributed by atoms with Gasteiger partial charge in [0.05, 0.1) is 42.3 Å². The lowest BCUT2D eigenvalue weighted by Crippen LogP contribution is -2.47. The van der Waals surface area contributed by atoms with Crippen LogP contribution in [0.3, 0.4) is 0 Å². The first-order chi connectivity index (χ1) is 24.4. The van der Waals surface area contributed by atoms with Crippen LogP contribution in [0.25, 0.3) is 22.2 Å². The van der Waals surface area contributed by atoms with Crippen LogP contribution in [0.4, 0.5) is 17.3 Å². The second kappa shape index (κ2) is 16.2. The van der Waals surface area contributed by atoms with E-state index in [1.165, 1.54) is 12.0 Å². The lowest BCUT2D eigenvalue weighted by molar-refractivity contribution is -0.132. The first-order valence-corrected chi connectivity index (χ1v) is 18.5. The summed E-state index contributed by atoms with van der Waals surface area (Å²) in [4.78, 5) is 55.2. The molecule has 1 aliphatic rings. The van der Waals surface area contributed by atoms with E-state index in [0.29, 0.717) is 46.6 Å². The zero-order chi connectivity index (χ0) is 36.7. The molecule has 0 aliphatic carbocycles. The Balaban J connectivity index is 1.33. The van der Waals surface area contributed by atoms with Gasteiger partial charge in [0, 0.05) is 50.8 Å². The average molecular weight is 718 g/mol. The van der Waals surface area contributed by atoms with E-state index in [0.717, 1.165) is 57.3 Å². The van der Waals surface area contributed by atoms with Gasteiger partial charge in [0.1, 0.15) is 11.4 Å². The number of isocyanates is 1. The zero-order valence-electron chi connectivity index (χ0n) is 29.5. The van der Waals surface area contributed by atoms with Gasteiger partial charge in [-0.3, -0.25) is 14.3 Å². The van der Waals surface area contributed by atoms with Crippen molar-refractivity contribution in [3.05, 3.63) is 59.7 Å². The maximum absolute atomic E-state index is 14.1. The van der Waals surface area contributed by atoms with Crippen LogP contribution in [0.1, 0.15) is 41.6 Å². The molecule has 1 fully saturated rings. The van der Waals surface area contributed by atoms with Gasteiger partial charge in [-0.05, 0) is 69.1 Å². The van der Waals surface area contributed by atoms with Crippen LogP contribution in [-0.4, -0.2) is 106 Å². The highest BCUT2D eigenvalue weighted by Crippen LogP contribution is 2.43. The summed E-state index contributed by atoms with van der Waals surface area (Å²) in [6.45, 7) is 5.69. The minimum Gasteiger partial charge on any atom is -0.494 e. The standard InChI is InChI=1S/C36H43N7O7S/c1-24-13-16-29(30(22-24)50-21-8-6-7-12-31(45)43-19-17-41(2)18-20-43)42(3)35(46)27-15-14-26(34(49-4)33(27)37-23-44)25-10-9-11-28-32(25)39-36(38-28)40-51(5,47)48/h9-11,13-16,22H,6-8,12,17-21H2,1-5H3,(H2,38,39,40). The molecule has 2 amide bonds. The monoisotopic (exact) mass is 717 g/mol. The van der Waals surface area contributed by atoms with E-state index in [2.05, 4.69) is 31.6 Å². The van der Waals surface area contributed by atoms with Crippen molar-refractivity contribution in [2.75, 3.05) is 69.9 Å². The number of carbonyl (C=O) groups is 2. The van der Waals surface area contributed by atoms with E-state index in [1.807, 2.05) is 24.0 Å². The number of fused-ring (bicyclic) bond motifs is 1. The number of nitrogens with one attached hydrogen (secondary N) is 2. The van der Waals surface area contributed by atoms with Gasteiger partial charge in [0.25, 0.3) is 5.91 Å². The summed E-state index contributed by atoms with van der Waals surface area (Å²) in [7, 11) is 1.48. The second-order valence-electron chi connectivity index (χ2n) is 12.6. The topological polar surface area (TPSA) is 167 Å². The average Bonchev–Trinajstić information content (AvgIpc) is 3.50. The Bertz CT molecular complexity index is 2070. The van der Waals surface area contributed by atoms with Crippen LogP contribution >= 0.6 is 0 Å². The van der Waals surface area contributed by atoms with Crippen molar-refractivity contribution in [3.8, 4) is 22.6 Å². The third kappa shape index (κ3) is 8.92. The molecule has 1 saturated heterocycles. The normalized spacial score (nSPS) is 13.5. The molecule has 5 rings (SSSR count). The number of aromatic amines is 1. The number of anilines is 2. The smallest absolute Gasteiger partial charge is 0.260 e. The first kappa shape index (κ1) is 37.0. The fraction of sp³-hybridized carbons (Fsp3) is 0.389. The SMILES string of the molecule is COc1c(-c2cccc3[nH]c(NS(C)(=O)=O)nc23)ccc(C(=O)N(C)c2ccc(C)cc2OCCCCCC(=O)N2CCN(C)CC2)c1N=C=O. The summed E-state index contributed by atoms with van der Waals surface area (Å²) in [6.07, 6.45) is 5.43. The number of aliphatic imine (C=N–C) groups is 1. The maximum atomic E-state index is 14.1. The number of benzene rings is 3. The van der Waals surface area contributed by atoms with E-state index < -0.39 is 15.9 Å². The number of para-hydroxylation sites is 1. The largest absolute Gasteiger partial charge is 0.494 e. The molecule has 3 aromatic carbocycles. The quantitative estimate of drug-likeness (QED) is 0.105. The Labute approximate surface area is 297 Å². The molecular weight excluding hydrogens is 675 g/mol. The molecule has 0 spiro atoms. The van der Waals surface area contributed by atoms with E-state index in [-0.39, 0.29) is 28.9 Å². The number of aromatic nitrogens is 2. The molecule has 1 aromatic heterocycles. The summed E-state index contributed by atoms with van der Waals surface area (Å²) < 4.78 is 37.9. The van der Waals surface area contributed by atoms with Crippen LogP contribution in [0.15, 0.2) is 53.5 Å². The van der Waals surface area contributed by atoms with Crippen molar-refractivity contribution in [2.24, 2.45) is 4.99 Å². The van der Waals surface area contributed by atoms with Gasteiger partial charge in [0.2, 0.25) is 28.0 Å². The molecule has 51 heavy (non-hydrogen) atoms. The predicted molar refractivity (Wildman–Crippen MR) is 196 cm³/mol. The van der Waals surface area contributed by atoms with Crippen LogP contribution < -0.4 is 19.1 Å². The maximum Gasteiger partial charge on any atom is 0.260 e. The van der Waals surface area contributed by atoms with Gasteiger partial charge in [-0.1, -0.05) is 18.2 Å².